The molecule has 0 aromatic heterocycles. The summed E-state index contributed by atoms with van der Waals surface area (Å²) in [6, 6.07) is 7.36. The third-order valence-electron chi connectivity index (χ3n) is 4.06. The van der Waals surface area contributed by atoms with Gasteiger partial charge in [0.2, 0.25) is 0 Å². The molecule has 0 amide bonds. The molecule has 1 aliphatic heterocycles. The van der Waals surface area contributed by atoms with Crippen LogP contribution in [0.4, 0.5) is 0 Å². The van der Waals surface area contributed by atoms with Crippen molar-refractivity contribution < 1.29 is 28.5 Å². The van der Waals surface area contributed by atoms with Crippen LogP contribution in [0.2, 0.25) is 0 Å². The Kier molecular flexibility index (Phi) is 8.18. The van der Waals surface area contributed by atoms with Gasteiger partial charge in [-0.2, -0.15) is 0 Å². The van der Waals surface area contributed by atoms with Gasteiger partial charge in [0.25, 0.3) is 0 Å². The first-order valence-corrected chi connectivity index (χ1v) is 9.03. The van der Waals surface area contributed by atoms with Gasteiger partial charge in [0.1, 0.15) is 11.9 Å². The lowest BCUT2D eigenvalue weighted by Crippen LogP contribution is -2.35. The number of hydrogen-bond acceptors (Lipinski definition) is 6. The summed E-state index contributed by atoms with van der Waals surface area (Å²) in [5, 5.41) is 0. The normalized spacial score (nSPS) is 22.7. The zero-order valence-electron chi connectivity index (χ0n) is 16.0. The maximum atomic E-state index is 11.1. The molecule has 1 heterocycles. The van der Waals surface area contributed by atoms with Crippen LogP contribution in [0.3, 0.4) is 0 Å². The Morgan fingerprint density at radius 1 is 1.37 bits per heavy atom. The van der Waals surface area contributed by atoms with Crippen molar-refractivity contribution in [3.8, 4) is 18.0 Å². The van der Waals surface area contributed by atoms with E-state index < -0.39 is 6.29 Å². The number of carbonyl (C=O) groups is 1. The van der Waals surface area contributed by atoms with Crippen molar-refractivity contribution >= 4 is 5.97 Å². The molecule has 27 heavy (non-hydrogen) atoms. The van der Waals surface area contributed by atoms with Crippen LogP contribution < -0.4 is 4.74 Å². The summed E-state index contributed by atoms with van der Waals surface area (Å²) in [5.74, 6) is 0.271. The van der Waals surface area contributed by atoms with E-state index in [1.165, 1.54) is 13.2 Å². The molecule has 1 saturated heterocycles. The van der Waals surface area contributed by atoms with Crippen molar-refractivity contribution in [1.29, 1.82) is 0 Å². The van der Waals surface area contributed by atoms with Gasteiger partial charge in [-0.15, -0.1) is 0 Å². The van der Waals surface area contributed by atoms with Crippen LogP contribution in [-0.4, -0.2) is 24.3 Å². The number of carbonyl (C=O) groups excluding carboxylic acids is 1. The average Bonchev–Trinajstić information content (AvgIpc) is 2.64. The summed E-state index contributed by atoms with van der Waals surface area (Å²) < 4.78 is 27.4. The maximum absolute atomic E-state index is 11.1. The summed E-state index contributed by atoms with van der Waals surface area (Å²) >= 11 is 0. The molecule has 0 spiro atoms. The van der Waals surface area contributed by atoms with E-state index in [2.05, 4.69) is 25.7 Å². The lowest BCUT2D eigenvalue weighted by Gasteiger charge is -2.36. The molecule has 4 atom stereocenters. The summed E-state index contributed by atoms with van der Waals surface area (Å²) in [5.41, 5.74) is 0.835. The molecule has 0 N–H and O–H groups in total. The van der Waals surface area contributed by atoms with Crippen molar-refractivity contribution in [2.24, 2.45) is 0 Å². The van der Waals surface area contributed by atoms with Crippen LogP contribution in [0.15, 0.2) is 37.1 Å². The second-order valence-electron chi connectivity index (χ2n) is 6.31. The molecule has 1 aromatic carbocycles. The van der Waals surface area contributed by atoms with Crippen molar-refractivity contribution in [3.63, 3.8) is 0 Å². The predicted molar refractivity (Wildman–Crippen MR) is 99.4 cm³/mol. The van der Waals surface area contributed by atoms with Gasteiger partial charge in [-0.1, -0.05) is 25.6 Å². The largest absolute Gasteiger partial charge is 0.463 e. The number of benzene rings is 1. The van der Waals surface area contributed by atoms with E-state index in [0.29, 0.717) is 12.2 Å². The van der Waals surface area contributed by atoms with Crippen LogP contribution in [0.1, 0.15) is 51.9 Å². The van der Waals surface area contributed by atoms with E-state index in [1.54, 1.807) is 6.07 Å². The van der Waals surface area contributed by atoms with E-state index in [9.17, 15) is 4.79 Å². The molecule has 0 bridgehead atoms. The minimum Gasteiger partial charge on any atom is -0.463 e. The number of hydrogen-bond donors (Lipinski definition) is 0. The van der Waals surface area contributed by atoms with Gasteiger partial charge < -0.3 is 23.7 Å². The van der Waals surface area contributed by atoms with Crippen molar-refractivity contribution in [3.05, 3.63) is 42.7 Å². The van der Waals surface area contributed by atoms with Crippen molar-refractivity contribution in [2.45, 2.75) is 64.6 Å². The average molecular weight is 374 g/mol. The quantitative estimate of drug-likeness (QED) is 0.407. The van der Waals surface area contributed by atoms with E-state index >= 15 is 0 Å². The van der Waals surface area contributed by atoms with Gasteiger partial charge in [-0.05, 0) is 25.5 Å². The highest BCUT2D eigenvalue weighted by molar-refractivity contribution is 5.66. The fraction of sp³-hybridized carbons (Fsp3) is 0.476. The standard InChI is InChI=1S/C21H26O6/c1-5-18-14-20(12-15(3)25-16(4)22)27-21(26-18)17-8-7-9-19(13-17)24-11-10-23-6-2/h6-9,13,15,18,20-21H,2,5,12,14H2,1,3-4H3. The molecule has 6 heteroatoms. The zero-order valence-corrected chi connectivity index (χ0v) is 16.0. The Bertz CT molecular complexity index is 689. The minimum atomic E-state index is -0.515. The molecule has 0 saturated carbocycles. The molecule has 2 rings (SSSR count). The zero-order chi connectivity index (χ0) is 19.6. The Labute approximate surface area is 160 Å². The molecule has 1 fully saturated rings. The van der Waals surface area contributed by atoms with Crippen molar-refractivity contribution in [2.75, 3.05) is 0 Å². The molecule has 6 nitrogen and oxygen atoms in total. The summed E-state index contributed by atoms with van der Waals surface area (Å²) in [6.45, 7) is 8.76. The number of rotatable bonds is 7. The lowest BCUT2D eigenvalue weighted by molar-refractivity contribution is -0.252. The van der Waals surface area contributed by atoms with Crippen LogP contribution >= 0.6 is 0 Å². The molecular formula is C21H26O6. The summed E-state index contributed by atoms with van der Waals surface area (Å²) in [4.78, 5) is 11.1. The second kappa shape index (κ2) is 10.6. The van der Waals surface area contributed by atoms with E-state index in [1.807, 2.05) is 25.1 Å². The number of ether oxygens (including phenoxy) is 5. The SMILES string of the molecule is C=COC#COc1cccc(C2OC(CC)CC(CC(C)OC(C)=O)O2)c1. The topological polar surface area (TPSA) is 63.2 Å². The van der Waals surface area contributed by atoms with Gasteiger partial charge >= 0.3 is 5.97 Å². The van der Waals surface area contributed by atoms with Gasteiger partial charge in [0.05, 0.1) is 18.5 Å². The summed E-state index contributed by atoms with van der Waals surface area (Å²) in [7, 11) is 0. The monoisotopic (exact) mass is 374 g/mol. The van der Waals surface area contributed by atoms with Crippen LogP contribution in [0.25, 0.3) is 0 Å². The molecule has 4 unspecified atom stereocenters. The Hall–Kier alpha value is -2.49. The van der Waals surface area contributed by atoms with Crippen LogP contribution in [0, 0.1) is 12.2 Å². The molecule has 0 aliphatic carbocycles. The highest BCUT2D eigenvalue weighted by Gasteiger charge is 2.31. The molecular weight excluding hydrogens is 348 g/mol. The van der Waals surface area contributed by atoms with Gasteiger partial charge in [-0.3, -0.25) is 4.79 Å². The van der Waals surface area contributed by atoms with Gasteiger partial charge in [0, 0.05) is 25.3 Å². The van der Waals surface area contributed by atoms with Crippen LogP contribution in [-0.2, 0) is 23.7 Å². The second-order valence-corrected chi connectivity index (χ2v) is 6.31. The first-order chi connectivity index (χ1) is 13.0. The maximum Gasteiger partial charge on any atom is 0.302 e. The lowest BCUT2D eigenvalue weighted by atomic mass is 10.0. The Balaban J connectivity index is 2.06. The molecule has 146 valence electrons. The highest BCUT2D eigenvalue weighted by Crippen LogP contribution is 2.34. The predicted octanol–water partition coefficient (Wildman–Crippen LogP) is 4.07. The Morgan fingerprint density at radius 3 is 2.85 bits per heavy atom. The Morgan fingerprint density at radius 2 is 2.15 bits per heavy atom. The third kappa shape index (κ3) is 6.97. The third-order valence-corrected chi connectivity index (χ3v) is 4.06. The van der Waals surface area contributed by atoms with E-state index in [4.69, 9.17) is 23.7 Å². The van der Waals surface area contributed by atoms with Crippen molar-refractivity contribution in [1.82, 2.24) is 0 Å². The fourth-order valence-corrected chi connectivity index (χ4v) is 2.93. The van der Waals surface area contributed by atoms with Gasteiger partial charge in [0.15, 0.2) is 18.5 Å². The number of esters is 1. The smallest absolute Gasteiger partial charge is 0.302 e. The molecule has 1 aromatic rings. The van der Waals surface area contributed by atoms with Crippen LogP contribution in [0.5, 0.6) is 5.75 Å². The first kappa shape index (κ1) is 20.8. The van der Waals surface area contributed by atoms with E-state index in [-0.39, 0.29) is 24.3 Å². The minimum absolute atomic E-state index is 0.0617. The first-order valence-electron chi connectivity index (χ1n) is 9.03. The highest BCUT2D eigenvalue weighted by atomic mass is 16.7. The van der Waals surface area contributed by atoms with E-state index in [0.717, 1.165) is 18.4 Å². The molecule has 1 aliphatic rings. The van der Waals surface area contributed by atoms with Gasteiger partial charge in [-0.25, -0.2) is 0 Å². The molecule has 0 radical (unpaired) electrons. The fourth-order valence-electron chi connectivity index (χ4n) is 2.93. The summed E-state index contributed by atoms with van der Waals surface area (Å²) in [6.07, 6.45) is 7.55.